The van der Waals surface area contributed by atoms with Crippen molar-refractivity contribution in [1.29, 1.82) is 0 Å². The Morgan fingerprint density at radius 1 is 1.26 bits per heavy atom. The lowest BCUT2D eigenvalue weighted by Crippen LogP contribution is -2.32. The van der Waals surface area contributed by atoms with E-state index < -0.39 is 0 Å². The number of hydrogen-bond donors (Lipinski definition) is 2. The second-order valence-corrected chi connectivity index (χ2v) is 6.52. The van der Waals surface area contributed by atoms with Crippen LogP contribution in [0.15, 0.2) is 35.9 Å². The normalized spacial score (nSPS) is 21.4. The van der Waals surface area contributed by atoms with Crippen molar-refractivity contribution in [2.45, 2.75) is 51.2 Å². The summed E-state index contributed by atoms with van der Waals surface area (Å²) in [5.74, 6) is 0.0757. The molecule has 0 bridgehead atoms. The summed E-state index contributed by atoms with van der Waals surface area (Å²) in [6, 6.07) is 8.56. The number of nitrogens with zero attached hydrogens (tertiary/aromatic N) is 1. The van der Waals surface area contributed by atoms with Crippen LogP contribution in [0, 0.1) is 0 Å². The van der Waals surface area contributed by atoms with Crippen LogP contribution in [0.2, 0.25) is 0 Å². The van der Waals surface area contributed by atoms with Gasteiger partial charge < -0.3 is 10.4 Å². The number of benzene rings is 1. The maximum absolute atomic E-state index is 12.1. The molecule has 1 aromatic rings. The van der Waals surface area contributed by atoms with E-state index in [0.29, 0.717) is 6.54 Å². The number of allylic oxidation sites excluding steroid dienone is 1. The van der Waals surface area contributed by atoms with E-state index in [9.17, 15) is 9.90 Å². The molecule has 1 aliphatic heterocycles. The van der Waals surface area contributed by atoms with Crippen LogP contribution in [-0.4, -0.2) is 35.1 Å². The van der Waals surface area contributed by atoms with Gasteiger partial charge in [-0.1, -0.05) is 30.3 Å². The van der Waals surface area contributed by atoms with E-state index in [1.807, 2.05) is 12.1 Å². The Hall–Kier alpha value is -1.65. The second-order valence-electron chi connectivity index (χ2n) is 6.52. The van der Waals surface area contributed by atoms with Gasteiger partial charge in [0.1, 0.15) is 0 Å². The zero-order valence-electron chi connectivity index (χ0n) is 13.6. The highest BCUT2D eigenvalue weighted by atomic mass is 16.3. The summed E-state index contributed by atoms with van der Waals surface area (Å²) < 4.78 is 0. The molecule has 4 nitrogen and oxygen atoms in total. The predicted molar refractivity (Wildman–Crippen MR) is 90.7 cm³/mol. The minimum atomic E-state index is 0.0757. The third kappa shape index (κ3) is 4.01. The van der Waals surface area contributed by atoms with Gasteiger partial charge in [-0.25, -0.2) is 0 Å². The fraction of sp³-hybridized carbons (Fsp3) is 0.526. The maximum atomic E-state index is 12.1. The van der Waals surface area contributed by atoms with Crippen molar-refractivity contribution < 1.29 is 9.90 Å². The van der Waals surface area contributed by atoms with Crippen molar-refractivity contribution >= 4 is 5.91 Å². The smallest absolute Gasteiger partial charge is 0.247 e. The van der Waals surface area contributed by atoms with Crippen molar-refractivity contribution in [3.05, 3.63) is 47.0 Å². The number of hydrogen-bond acceptors (Lipinski definition) is 3. The summed E-state index contributed by atoms with van der Waals surface area (Å²) in [7, 11) is 0. The number of rotatable bonds is 6. The molecule has 1 atom stereocenters. The SMILES string of the molecule is O=C(NCc1ccccc1CN1CCCC1CO)C1=CCCC1. The molecule has 1 aromatic carbocycles. The number of aliphatic hydroxyl groups excluding tert-OH is 1. The topological polar surface area (TPSA) is 52.6 Å². The van der Waals surface area contributed by atoms with Crippen LogP contribution in [0.25, 0.3) is 0 Å². The third-order valence-corrected chi connectivity index (χ3v) is 4.97. The van der Waals surface area contributed by atoms with Gasteiger partial charge in [-0.2, -0.15) is 0 Å². The Morgan fingerprint density at radius 3 is 2.83 bits per heavy atom. The molecule has 1 saturated heterocycles. The van der Waals surface area contributed by atoms with Crippen LogP contribution in [0.5, 0.6) is 0 Å². The number of aliphatic hydroxyl groups is 1. The Labute approximate surface area is 138 Å². The van der Waals surface area contributed by atoms with E-state index in [1.54, 1.807) is 0 Å². The molecule has 3 rings (SSSR count). The van der Waals surface area contributed by atoms with Gasteiger partial charge in [-0.15, -0.1) is 0 Å². The first kappa shape index (κ1) is 16.2. The molecule has 124 valence electrons. The molecule has 1 heterocycles. The van der Waals surface area contributed by atoms with Crippen LogP contribution in [0.4, 0.5) is 0 Å². The van der Waals surface area contributed by atoms with Crippen LogP contribution in [0.1, 0.15) is 43.2 Å². The average molecular weight is 314 g/mol. The number of amides is 1. The molecule has 1 amide bonds. The molecule has 1 fully saturated rings. The number of carbonyl (C=O) groups excluding carboxylic acids is 1. The van der Waals surface area contributed by atoms with Gasteiger partial charge in [0.05, 0.1) is 6.61 Å². The molecular formula is C19H26N2O2. The Bertz CT molecular complexity index is 582. The van der Waals surface area contributed by atoms with Crippen molar-refractivity contribution in [1.82, 2.24) is 10.2 Å². The summed E-state index contributed by atoms with van der Waals surface area (Å²) in [4.78, 5) is 14.5. The first-order chi connectivity index (χ1) is 11.3. The summed E-state index contributed by atoms with van der Waals surface area (Å²) >= 11 is 0. The zero-order valence-corrected chi connectivity index (χ0v) is 13.6. The van der Waals surface area contributed by atoms with Crippen molar-refractivity contribution in [2.75, 3.05) is 13.2 Å². The molecule has 2 N–H and O–H groups in total. The van der Waals surface area contributed by atoms with E-state index in [1.165, 1.54) is 11.1 Å². The predicted octanol–water partition coefficient (Wildman–Crippen LogP) is 2.37. The van der Waals surface area contributed by atoms with Gasteiger partial charge in [-0.05, 0) is 49.8 Å². The minimum Gasteiger partial charge on any atom is -0.395 e. The van der Waals surface area contributed by atoms with Gasteiger partial charge in [0.25, 0.3) is 0 Å². The van der Waals surface area contributed by atoms with Crippen LogP contribution in [0.3, 0.4) is 0 Å². The quantitative estimate of drug-likeness (QED) is 0.847. The maximum Gasteiger partial charge on any atom is 0.247 e. The summed E-state index contributed by atoms with van der Waals surface area (Å²) in [6.07, 6.45) is 7.30. The van der Waals surface area contributed by atoms with Gasteiger partial charge in [0.15, 0.2) is 0 Å². The zero-order chi connectivity index (χ0) is 16.1. The number of carbonyl (C=O) groups is 1. The largest absolute Gasteiger partial charge is 0.395 e. The van der Waals surface area contributed by atoms with E-state index in [-0.39, 0.29) is 18.6 Å². The summed E-state index contributed by atoms with van der Waals surface area (Å²) in [6.45, 7) is 2.69. The molecule has 0 spiro atoms. The highest BCUT2D eigenvalue weighted by molar-refractivity contribution is 5.93. The van der Waals surface area contributed by atoms with Crippen molar-refractivity contribution in [2.24, 2.45) is 0 Å². The molecular weight excluding hydrogens is 288 g/mol. The molecule has 0 aromatic heterocycles. The fourth-order valence-electron chi connectivity index (χ4n) is 3.58. The molecule has 0 radical (unpaired) electrons. The lowest BCUT2D eigenvalue weighted by atomic mass is 10.1. The fourth-order valence-corrected chi connectivity index (χ4v) is 3.58. The number of likely N-dealkylation sites (tertiary alicyclic amines) is 1. The second kappa shape index (κ2) is 7.75. The molecule has 23 heavy (non-hydrogen) atoms. The highest BCUT2D eigenvalue weighted by Crippen LogP contribution is 2.22. The first-order valence-electron chi connectivity index (χ1n) is 8.67. The Kier molecular flexibility index (Phi) is 5.47. The lowest BCUT2D eigenvalue weighted by Gasteiger charge is -2.24. The Balaban J connectivity index is 1.62. The third-order valence-electron chi connectivity index (χ3n) is 4.97. The van der Waals surface area contributed by atoms with Gasteiger partial charge >= 0.3 is 0 Å². The van der Waals surface area contributed by atoms with Crippen LogP contribution >= 0.6 is 0 Å². The minimum absolute atomic E-state index is 0.0757. The Morgan fingerprint density at radius 2 is 2.09 bits per heavy atom. The van der Waals surface area contributed by atoms with E-state index >= 15 is 0 Å². The average Bonchev–Trinajstić information content (AvgIpc) is 3.25. The van der Waals surface area contributed by atoms with Gasteiger partial charge in [-0.3, -0.25) is 9.69 Å². The summed E-state index contributed by atoms with van der Waals surface area (Å²) in [5, 5.41) is 12.5. The van der Waals surface area contributed by atoms with Crippen molar-refractivity contribution in [3.8, 4) is 0 Å². The highest BCUT2D eigenvalue weighted by Gasteiger charge is 2.24. The van der Waals surface area contributed by atoms with Crippen LogP contribution < -0.4 is 5.32 Å². The first-order valence-corrected chi connectivity index (χ1v) is 8.67. The molecule has 2 aliphatic rings. The van der Waals surface area contributed by atoms with Gasteiger partial charge in [0, 0.05) is 24.7 Å². The molecule has 1 unspecified atom stereocenters. The monoisotopic (exact) mass is 314 g/mol. The number of nitrogens with one attached hydrogen (secondary N) is 1. The lowest BCUT2D eigenvalue weighted by molar-refractivity contribution is -0.117. The van der Waals surface area contributed by atoms with E-state index in [2.05, 4.69) is 28.4 Å². The summed E-state index contributed by atoms with van der Waals surface area (Å²) in [5.41, 5.74) is 3.35. The van der Waals surface area contributed by atoms with E-state index in [4.69, 9.17) is 0 Å². The standard InChI is InChI=1S/C19H26N2O2/c22-14-18-10-5-11-21(18)13-17-9-4-3-8-16(17)12-20-19(23)15-6-1-2-7-15/h3-4,6,8-9,18,22H,1-2,5,7,10-14H2,(H,20,23). The van der Waals surface area contributed by atoms with E-state index in [0.717, 1.165) is 50.8 Å². The van der Waals surface area contributed by atoms with Gasteiger partial charge in [0.2, 0.25) is 5.91 Å². The molecule has 0 saturated carbocycles. The van der Waals surface area contributed by atoms with Crippen molar-refractivity contribution in [3.63, 3.8) is 0 Å². The molecule has 4 heteroatoms. The van der Waals surface area contributed by atoms with Crippen LogP contribution in [-0.2, 0) is 17.9 Å². The molecule has 1 aliphatic carbocycles.